The van der Waals surface area contributed by atoms with E-state index in [2.05, 4.69) is 15.9 Å². The first-order chi connectivity index (χ1) is 8.13. The zero-order chi connectivity index (χ0) is 12.7. The van der Waals surface area contributed by atoms with Crippen LogP contribution in [0, 0.1) is 0 Å². The van der Waals surface area contributed by atoms with Crippen LogP contribution in [0.2, 0.25) is 0 Å². The molecule has 0 aliphatic heterocycles. The summed E-state index contributed by atoms with van der Waals surface area (Å²) in [6.45, 7) is -0.314. The highest BCUT2D eigenvalue weighted by Crippen LogP contribution is 2.26. The molecule has 6 heteroatoms. The van der Waals surface area contributed by atoms with E-state index < -0.39 is 13.0 Å². The van der Waals surface area contributed by atoms with Crippen molar-refractivity contribution in [3.05, 3.63) is 28.2 Å². The maximum atomic E-state index is 11.9. The second kappa shape index (κ2) is 7.58. The van der Waals surface area contributed by atoms with E-state index in [9.17, 15) is 8.78 Å². The topological polar surface area (TPSA) is 27.7 Å². The minimum Gasteiger partial charge on any atom is -0.466 e. The van der Waals surface area contributed by atoms with Crippen LogP contribution in [0.15, 0.2) is 22.7 Å². The number of rotatable bonds is 7. The molecule has 0 bridgehead atoms. The van der Waals surface area contributed by atoms with E-state index in [1.54, 1.807) is 18.2 Å². The molecule has 0 N–H and O–H groups in total. The van der Waals surface area contributed by atoms with Crippen molar-refractivity contribution < 1.29 is 23.0 Å². The van der Waals surface area contributed by atoms with Crippen molar-refractivity contribution in [2.24, 2.45) is 0 Å². The Labute approximate surface area is 107 Å². The summed E-state index contributed by atoms with van der Waals surface area (Å²) in [5.74, 6) is 0.588. The predicted octanol–water partition coefficient (Wildman–Crippen LogP) is 3.21. The highest BCUT2D eigenvalue weighted by Gasteiger charge is 2.05. The van der Waals surface area contributed by atoms with Gasteiger partial charge >= 0.3 is 0 Å². The van der Waals surface area contributed by atoms with E-state index >= 15 is 0 Å². The molecule has 0 amide bonds. The number of methoxy groups -OCH3 is 1. The van der Waals surface area contributed by atoms with Crippen LogP contribution in [-0.2, 0) is 16.1 Å². The van der Waals surface area contributed by atoms with Gasteiger partial charge in [-0.3, -0.25) is 0 Å². The molecule has 0 aliphatic rings. The molecule has 0 aromatic heterocycles. The minimum atomic E-state index is -2.45. The fourth-order valence-electron chi connectivity index (χ4n) is 1.14. The number of benzene rings is 1. The first kappa shape index (κ1) is 14.3. The monoisotopic (exact) mass is 310 g/mol. The normalized spacial score (nSPS) is 10.9. The summed E-state index contributed by atoms with van der Waals surface area (Å²) >= 11 is 3.31. The first-order valence-corrected chi connectivity index (χ1v) is 5.69. The maximum absolute atomic E-state index is 11.9. The van der Waals surface area contributed by atoms with Gasteiger partial charge in [0.25, 0.3) is 6.43 Å². The molecule has 0 radical (unpaired) electrons. The van der Waals surface area contributed by atoms with Crippen LogP contribution in [0.1, 0.15) is 5.56 Å². The lowest BCUT2D eigenvalue weighted by Crippen LogP contribution is -2.05. The quantitative estimate of drug-likeness (QED) is 0.724. The summed E-state index contributed by atoms with van der Waals surface area (Å²) in [6, 6.07) is 5.26. The van der Waals surface area contributed by atoms with E-state index in [0.29, 0.717) is 5.75 Å². The third-order valence-corrected chi connectivity index (χ3v) is 2.50. The van der Waals surface area contributed by atoms with Crippen LogP contribution >= 0.6 is 15.9 Å². The number of hydrogen-bond donors (Lipinski definition) is 0. The maximum Gasteiger partial charge on any atom is 0.261 e. The van der Waals surface area contributed by atoms with E-state index in [0.717, 1.165) is 10.0 Å². The molecule has 0 fully saturated rings. The fourth-order valence-corrected chi connectivity index (χ4v) is 1.50. The Morgan fingerprint density at radius 1 is 1.35 bits per heavy atom. The van der Waals surface area contributed by atoms with E-state index in [1.807, 2.05) is 0 Å². The van der Waals surface area contributed by atoms with E-state index in [1.165, 1.54) is 7.11 Å². The predicted molar refractivity (Wildman–Crippen MR) is 62.3 cm³/mol. The van der Waals surface area contributed by atoms with Gasteiger partial charge in [-0.25, -0.2) is 8.78 Å². The molecule has 0 spiro atoms. The van der Waals surface area contributed by atoms with Crippen molar-refractivity contribution >= 4 is 15.9 Å². The van der Waals surface area contributed by atoms with Crippen LogP contribution in [0.3, 0.4) is 0 Å². The van der Waals surface area contributed by atoms with Gasteiger partial charge in [-0.2, -0.15) is 0 Å². The molecule has 17 heavy (non-hydrogen) atoms. The fraction of sp³-hybridized carbons (Fsp3) is 0.455. The number of hydrogen-bond acceptors (Lipinski definition) is 3. The average Bonchev–Trinajstić information content (AvgIpc) is 2.29. The number of ether oxygens (including phenoxy) is 3. The van der Waals surface area contributed by atoms with Crippen LogP contribution in [0.25, 0.3) is 0 Å². The number of alkyl halides is 2. The summed E-state index contributed by atoms with van der Waals surface area (Å²) in [4.78, 5) is 0. The summed E-state index contributed by atoms with van der Waals surface area (Å²) in [6.07, 6.45) is -2.45. The second-order valence-electron chi connectivity index (χ2n) is 3.22. The zero-order valence-corrected chi connectivity index (χ0v) is 10.9. The van der Waals surface area contributed by atoms with Gasteiger partial charge in [-0.15, -0.1) is 0 Å². The molecule has 0 unspecified atom stereocenters. The minimum absolute atomic E-state index is 0.125. The van der Waals surface area contributed by atoms with Crippen molar-refractivity contribution in [3.8, 4) is 5.75 Å². The van der Waals surface area contributed by atoms with E-state index in [-0.39, 0.29) is 13.4 Å². The lowest BCUT2D eigenvalue weighted by molar-refractivity contribution is 0.00968. The summed E-state index contributed by atoms with van der Waals surface area (Å²) in [5, 5.41) is 0. The molecular formula is C11H13BrF2O3. The average molecular weight is 311 g/mol. The summed E-state index contributed by atoms with van der Waals surface area (Å²) in [5.41, 5.74) is 0.764. The molecule has 1 rings (SSSR count). The highest BCUT2D eigenvalue weighted by molar-refractivity contribution is 9.10. The van der Waals surface area contributed by atoms with Crippen molar-refractivity contribution in [1.82, 2.24) is 0 Å². The summed E-state index contributed by atoms with van der Waals surface area (Å²) < 4.78 is 39.4. The molecule has 3 nitrogen and oxygen atoms in total. The highest BCUT2D eigenvalue weighted by atomic mass is 79.9. The van der Waals surface area contributed by atoms with Gasteiger partial charge in [0.05, 0.1) is 11.1 Å². The Hall–Kier alpha value is -0.720. The Kier molecular flexibility index (Phi) is 6.39. The van der Waals surface area contributed by atoms with Gasteiger partial charge in [-0.05, 0) is 33.6 Å². The Morgan fingerprint density at radius 3 is 2.76 bits per heavy atom. The molecule has 0 heterocycles. The van der Waals surface area contributed by atoms with Gasteiger partial charge in [0.2, 0.25) is 0 Å². The molecule has 96 valence electrons. The third kappa shape index (κ3) is 5.43. The standard InChI is InChI=1S/C11H13BrF2O3/c1-15-7-17-10-4-8(2-3-9(10)12)5-16-6-11(13)14/h2-4,11H,5-7H2,1H3. The van der Waals surface area contributed by atoms with E-state index in [4.69, 9.17) is 14.2 Å². The molecule has 1 aromatic rings. The molecule has 0 atom stereocenters. The van der Waals surface area contributed by atoms with Crippen LogP contribution in [0.4, 0.5) is 8.78 Å². The van der Waals surface area contributed by atoms with Gasteiger partial charge in [0.15, 0.2) is 6.79 Å². The van der Waals surface area contributed by atoms with Crippen LogP contribution in [-0.4, -0.2) is 26.9 Å². The van der Waals surface area contributed by atoms with Gasteiger partial charge in [0.1, 0.15) is 12.4 Å². The molecule has 1 aromatic carbocycles. The van der Waals surface area contributed by atoms with Crippen molar-refractivity contribution in [3.63, 3.8) is 0 Å². The van der Waals surface area contributed by atoms with Crippen LogP contribution in [0.5, 0.6) is 5.75 Å². The largest absolute Gasteiger partial charge is 0.466 e. The lowest BCUT2D eigenvalue weighted by atomic mass is 10.2. The zero-order valence-electron chi connectivity index (χ0n) is 9.29. The molecular weight excluding hydrogens is 298 g/mol. The van der Waals surface area contributed by atoms with Crippen LogP contribution < -0.4 is 4.74 Å². The van der Waals surface area contributed by atoms with Crippen molar-refractivity contribution in [1.29, 1.82) is 0 Å². The molecule has 0 saturated heterocycles. The molecule has 0 saturated carbocycles. The SMILES string of the molecule is COCOc1cc(COCC(F)F)ccc1Br. The Morgan fingerprint density at radius 2 is 2.12 bits per heavy atom. The number of halogens is 3. The second-order valence-corrected chi connectivity index (χ2v) is 4.08. The smallest absolute Gasteiger partial charge is 0.261 e. The van der Waals surface area contributed by atoms with Gasteiger partial charge < -0.3 is 14.2 Å². The third-order valence-electron chi connectivity index (χ3n) is 1.84. The van der Waals surface area contributed by atoms with Gasteiger partial charge in [-0.1, -0.05) is 6.07 Å². The Bertz CT molecular complexity index is 347. The Balaban J connectivity index is 2.55. The van der Waals surface area contributed by atoms with Crippen molar-refractivity contribution in [2.45, 2.75) is 13.0 Å². The first-order valence-electron chi connectivity index (χ1n) is 4.89. The van der Waals surface area contributed by atoms with Crippen molar-refractivity contribution in [2.75, 3.05) is 20.5 Å². The van der Waals surface area contributed by atoms with Gasteiger partial charge in [0, 0.05) is 7.11 Å². The lowest BCUT2D eigenvalue weighted by Gasteiger charge is -2.09. The molecule has 0 aliphatic carbocycles. The summed E-state index contributed by atoms with van der Waals surface area (Å²) in [7, 11) is 1.52.